The highest BCUT2D eigenvalue weighted by Crippen LogP contribution is 2.33. The van der Waals surface area contributed by atoms with Gasteiger partial charge in [-0.3, -0.25) is 14.6 Å². The van der Waals surface area contributed by atoms with Crippen LogP contribution in [0.4, 0.5) is 5.69 Å². The third-order valence-corrected chi connectivity index (χ3v) is 5.36. The van der Waals surface area contributed by atoms with Gasteiger partial charge in [-0.2, -0.15) is 10.1 Å². The molecule has 0 aliphatic carbocycles. The number of anilines is 1. The molecule has 0 bridgehead atoms. The summed E-state index contributed by atoms with van der Waals surface area (Å²) in [4.78, 5) is 31.3. The van der Waals surface area contributed by atoms with E-state index in [-0.39, 0.29) is 18.3 Å². The third kappa shape index (κ3) is 2.94. The molecule has 5 rings (SSSR count). The van der Waals surface area contributed by atoms with Gasteiger partial charge >= 0.3 is 0 Å². The second kappa shape index (κ2) is 7.03. The number of nitrogens with zero attached hydrogens (tertiary/aromatic N) is 6. The molecule has 2 unspecified atom stereocenters. The fraction of sp³-hybridized carbons (Fsp3) is 0.200. The normalized spacial score (nSPS) is 20.3. The molecule has 2 amide bonds. The highest BCUT2D eigenvalue weighted by atomic mass is 35.5. The summed E-state index contributed by atoms with van der Waals surface area (Å²) < 4.78 is 5.30. The third-order valence-electron chi connectivity index (χ3n) is 5.03. The Morgan fingerprint density at radius 1 is 1.07 bits per heavy atom. The Morgan fingerprint density at radius 2 is 1.83 bits per heavy atom. The Hall–Kier alpha value is -3.59. The van der Waals surface area contributed by atoms with Crippen molar-refractivity contribution in [2.45, 2.75) is 25.6 Å². The molecule has 1 fully saturated rings. The lowest BCUT2D eigenvalue weighted by molar-refractivity contribution is -0.123. The molecule has 10 heteroatoms. The van der Waals surface area contributed by atoms with Crippen LogP contribution in [0.2, 0.25) is 5.02 Å². The number of rotatable bonds is 4. The van der Waals surface area contributed by atoms with Gasteiger partial charge in [-0.1, -0.05) is 51.8 Å². The van der Waals surface area contributed by atoms with Gasteiger partial charge in [0.15, 0.2) is 12.1 Å². The average Bonchev–Trinajstić information content (AvgIpc) is 3.42. The van der Waals surface area contributed by atoms with Crippen molar-refractivity contribution < 1.29 is 14.1 Å². The van der Waals surface area contributed by atoms with Gasteiger partial charge in [0.25, 0.3) is 11.8 Å². The van der Waals surface area contributed by atoms with Crippen molar-refractivity contribution in [3.05, 3.63) is 65.0 Å². The number of carbonyl (C=O) groups is 2. The number of hydrogen-bond acceptors (Lipinski definition) is 8. The van der Waals surface area contributed by atoms with Crippen LogP contribution < -0.4 is 4.90 Å². The van der Waals surface area contributed by atoms with Crippen molar-refractivity contribution in [3.63, 3.8) is 0 Å². The van der Waals surface area contributed by atoms with Crippen LogP contribution in [0.25, 0.3) is 11.4 Å². The number of amides is 2. The van der Waals surface area contributed by atoms with Crippen LogP contribution in [0.15, 0.2) is 63.4 Å². The van der Waals surface area contributed by atoms with Gasteiger partial charge < -0.3 is 4.52 Å². The maximum Gasteiger partial charge on any atom is 0.263 e. The zero-order valence-electron chi connectivity index (χ0n) is 15.8. The molecule has 30 heavy (non-hydrogen) atoms. The van der Waals surface area contributed by atoms with Gasteiger partial charge in [-0.05, 0) is 31.2 Å². The van der Waals surface area contributed by atoms with E-state index in [2.05, 4.69) is 20.5 Å². The standard InChI is InChI=1S/C20H15ClN6O3/c1-11-6-8-12(9-7-11)27-19(28)16-17(20(27)29)26(25-23-16)10-15-22-18(24-30-15)13-4-2-3-5-14(13)21/h2-9,16-17H,10H2,1H3. The van der Waals surface area contributed by atoms with Crippen LogP contribution in [0, 0.1) is 6.92 Å². The average molecular weight is 423 g/mol. The number of hydrogen-bond donors (Lipinski definition) is 0. The Bertz CT molecular complexity index is 1180. The van der Waals surface area contributed by atoms with Crippen LogP contribution >= 0.6 is 11.6 Å². The van der Waals surface area contributed by atoms with Gasteiger partial charge in [0.05, 0.1) is 10.7 Å². The Morgan fingerprint density at radius 3 is 2.60 bits per heavy atom. The summed E-state index contributed by atoms with van der Waals surface area (Å²) in [6.07, 6.45) is 0. The van der Waals surface area contributed by atoms with Gasteiger partial charge in [-0.25, -0.2) is 4.90 Å². The van der Waals surface area contributed by atoms with Crippen LogP contribution in [-0.2, 0) is 16.1 Å². The van der Waals surface area contributed by atoms with Crippen LogP contribution in [0.5, 0.6) is 0 Å². The lowest BCUT2D eigenvalue weighted by atomic mass is 10.1. The molecular weight excluding hydrogens is 408 g/mol. The minimum Gasteiger partial charge on any atom is -0.337 e. The maximum absolute atomic E-state index is 13.0. The lowest BCUT2D eigenvalue weighted by Gasteiger charge is -2.19. The van der Waals surface area contributed by atoms with Gasteiger partial charge in [0.2, 0.25) is 11.7 Å². The van der Waals surface area contributed by atoms with E-state index in [4.69, 9.17) is 16.1 Å². The summed E-state index contributed by atoms with van der Waals surface area (Å²) in [7, 11) is 0. The minimum absolute atomic E-state index is 0.0445. The van der Waals surface area contributed by atoms with Crippen molar-refractivity contribution in [3.8, 4) is 11.4 Å². The van der Waals surface area contributed by atoms with E-state index in [1.54, 1.807) is 30.3 Å². The smallest absolute Gasteiger partial charge is 0.263 e. The molecule has 3 aromatic rings. The molecule has 3 heterocycles. The van der Waals surface area contributed by atoms with Crippen molar-refractivity contribution >= 4 is 29.1 Å². The molecule has 9 nitrogen and oxygen atoms in total. The number of benzene rings is 2. The van der Waals surface area contributed by atoms with Gasteiger partial charge in [0.1, 0.15) is 6.54 Å². The van der Waals surface area contributed by atoms with E-state index in [0.717, 1.165) is 10.5 Å². The zero-order valence-corrected chi connectivity index (χ0v) is 16.5. The number of aromatic nitrogens is 2. The van der Waals surface area contributed by atoms with Gasteiger partial charge in [0, 0.05) is 5.56 Å². The zero-order chi connectivity index (χ0) is 20.8. The van der Waals surface area contributed by atoms with E-state index in [1.807, 2.05) is 25.1 Å². The van der Waals surface area contributed by atoms with Crippen molar-refractivity contribution in [1.29, 1.82) is 0 Å². The fourth-order valence-electron chi connectivity index (χ4n) is 3.51. The fourth-order valence-corrected chi connectivity index (χ4v) is 3.73. The topological polar surface area (TPSA) is 104 Å². The number of fused-ring (bicyclic) bond motifs is 1. The van der Waals surface area contributed by atoms with E-state index in [1.165, 1.54) is 5.01 Å². The van der Waals surface area contributed by atoms with Crippen molar-refractivity contribution in [1.82, 2.24) is 15.1 Å². The molecule has 0 radical (unpaired) electrons. The highest BCUT2D eigenvalue weighted by Gasteiger charge is 2.55. The van der Waals surface area contributed by atoms with Crippen molar-refractivity contribution in [2.75, 3.05) is 4.90 Å². The molecule has 1 saturated heterocycles. The Balaban J connectivity index is 1.37. The Labute approximate surface area is 175 Å². The predicted molar refractivity (Wildman–Crippen MR) is 106 cm³/mol. The first-order chi connectivity index (χ1) is 14.5. The van der Waals surface area contributed by atoms with Crippen LogP contribution in [0.1, 0.15) is 11.5 Å². The first-order valence-corrected chi connectivity index (χ1v) is 9.60. The largest absolute Gasteiger partial charge is 0.337 e. The molecule has 2 aliphatic heterocycles. The SMILES string of the molecule is Cc1ccc(N2C(=O)C3N=NN(Cc4nc(-c5ccccc5Cl)no4)C3C2=O)cc1. The summed E-state index contributed by atoms with van der Waals surface area (Å²) in [5.41, 5.74) is 2.18. The molecule has 1 aromatic heterocycles. The van der Waals surface area contributed by atoms with E-state index < -0.39 is 18.0 Å². The van der Waals surface area contributed by atoms with Crippen LogP contribution in [-0.4, -0.2) is 39.0 Å². The lowest BCUT2D eigenvalue weighted by Crippen LogP contribution is -2.39. The quantitative estimate of drug-likeness (QED) is 0.598. The van der Waals surface area contributed by atoms with Gasteiger partial charge in [-0.15, -0.1) is 0 Å². The molecule has 0 spiro atoms. The Kier molecular flexibility index (Phi) is 4.32. The van der Waals surface area contributed by atoms with E-state index in [9.17, 15) is 9.59 Å². The molecule has 2 aromatic carbocycles. The van der Waals surface area contributed by atoms with E-state index >= 15 is 0 Å². The minimum atomic E-state index is -0.884. The number of aryl methyl sites for hydroxylation is 1. The first kappa shape index (κ1) is 18.4. The summed E-state index contributed by atoms with van der Waals surface area (Å²) in [5, 5.41) is 13.9. The second-order valence-electron chi connectivity index (χ2n) is 7.03. The van der Waals surface area contributed by atoms with E-state index in [0.29, 0.717) is 22.1 Å². The summed E-state index contributed by atoms with van der Waals surface area (Å²) in [6, 6.07) is 12.6. The number of halogens is 1. The molecule has 2 atom stereocenters. The summed E-state index contributed by atoms with van der Waals surface area (Å²) >= 11 is 6.18. The van der Waals surface area contributed by atoms with Crippen molar-refractivity contribution in [2.24, 2.45) is 10.3 Å². The first-order valence-electron chi connectivity index (χ1n) is 9.22. The predicted octanol–water partition coefficient (Wildman–Crippen LogP) is 3.19. The van der Waals surface area contributed by atoms with Crippen LogP contribution in [0.3, 0.4) is 0 Å². The summed E-state index contributed by atoms with van der Waals surface area (Å²) in [5.74, 6) is -0.218. The molecular formula is C20H15ClN6O3. The molecule has 150 valence electrons. The molecule has 2 aliphatic rings. The molecule has 0 N–H and O–H groups in total. The summed E-state index contributed by atoms with van der Waals surface area (Å²) in [6.45, 7) is 1.98. The monoisotopic (exact) mass is 422 g/mol. The second-order valence-corrected chi connectivity index (χ2v) is 7.44. The highest BCUT2D eigenvalue weighted by molar-refractivity contribution is 6.33. The molecule has 0 saturated carbocycles. The number of carbonyl (C=O) groups excluding carboxylic acids is 2. The maximum atomic E-state index is 13.0. The number of imide groups is 1.